The largest absolute Gasteiger partial charge is 0.288 e. The molecule has 0 bridgehead atoms. The maximum Gasteiger partial charge on any atom is 0.259 e. The van der Waals surface area contributed by atoms with Crippen LogP contribution in [0.1, 0.15) is 22.9 Å². The van der Waals surface area contributed by atoms with Crippen molar-refractivity contribution in [3.63, 3.8) is 0 Å². The maximum absolute atomic E-state index is 12.4. The van der Waals surface area contributed by atoms with E-state index >= 15 is 0 Å². The molecule has 0 radical (unpaired) electrons. The second-order valence-electron chi connectivity index (χ2n) is 5.01. The molecular weight excluding hydrogens is 294 g/mol. The molecule has 4 heteroatoms. The van der Waals surface area contributed by atoms with Crippen molar-refractivity contribution >= 4 is 34.8 Å². The third-order valence-electron chi connectivity index (χ3n) is 3.03. The predicted molar refractivity (Wildman–Crippen MR) is 91.3 cm³/mol. The molecule has 0 saturated carbocycles. The van der Waals surface area contributed by atoms with Crippen LogP contribution >= 0.6 is 11.3 Å². The molecular formula is C18H17NO2S. The summed E-state index contributed by atoms with van der Waals surface area (Å²) in [5.41, 5.74) is 2.83. The fraction of sp³-hybridized carbons (Fsp3) is 0.111. The Hall–Kier alpha value is -2.46. The van der Waals surface area contributed by atoms with Crippen molar-refractivity contribution in [1.82, 2.24) is 5.32 Å². The van der Waals surface area contributed by atoms with Crippen LogP contribution in [-0.4, -0.2) is 11.8 Å². The minimum absolute atomic E-state index is 0.300. The van der Waals surface area contributed by atoms with E-state index in [9.17, 15) is 9.59 Å². The highest BCUT2D eigenvalue weighted by Crippen LogP contribution is 2.23. The Balaban J connectivity index is 2.35. The van der Waals surface area contributed by atoms with Gasteiger partial charge in [0.15, 0.2) is 0 Å². The molecule has 0 spiro atoms. The van der Waals surface area contributed by atoms with Gasteiger partial charge in [0.05, 0.1) is 5.57 Å². The molecule has 1 N–H and O–H groups in total. The molecule has 2 aromatic rings. The molecule has 112 valence electrons. The summed E-state index contributed by atoms with van der Waals surface area (Å²) in [7, 11) is 0. The van der Waals surface area contributed by atoms with Gasteiger partial charge >= 0.3 is 0 Å². The molecule has 2 amide bonds. The minimum Gasteiger partial charge on any atom is -0.288 e. The second kappa shape index (κ2) is 7.00. The van der Waals surface area contributed by atoms with Crippen LogP contribution in [0.2, 0.25) is 0 Å². The molecule has 2 rings (SSSR count). The fourth-order valence-corrected chi connectivity index (χ4v) is 2.53. The summed E-state index contributed by atoms with van der Waals surface area (Å²) in [5.74, 6) is -0.882. The third-order valence-corrected chi connectivity index (χ3v) is 3.94. The van der Waals surface area contributed by atoms with Gasteiger partial charge in [0.1, 0.15) is 0 Å². The van der Waals surface area contributed by atoms with Crippen LogP contribution in [0.5, 0.6) is 0 Å². The topological polar surface area (TPSA) is 46.2 Å². The van der Waals surface area contributed by atoms with Crippen molar-refractivity contribution in [1.29, 1.82) is 0 Å². The number of amides is 2. The lowest BCUT2D eigenvalue weighted by molar-refractivity contribution is -0.125. The van der Waals surface area contributed by atoms with Gasteiger partial charge in [0, 0.05) is 10.5 Å². The molecule has 0 aliphatic carbocycles. The van der Waals surface area contributed by atoms with Crippen molar-refractivity contribution in [3.05, 3.63) is 69.9 Å². The molecule has 22 heavy (non-hydrogen) atoms. The number of benzene rings is 1. The molecule has 0 aliphatic rings. The van der Waals surface area contributed by atoms with E-state index < -0.39 is 11.8 Å². The molecule has 0 aliphatic heterocycles. The number of imide groups is 1. The van der Waals surface area contributed by atoms with Crippen LogP contribution in [0.25, 0.3) is 11.6 Å². The number of carbonyl (C=O) groups is 2. The second-order valence-corrected chi connectivity index (χ2v) is 5.96. The monoisotopic (exact) mass is 311 g/mol. The quantitative estimate of drug-likeness (QED) is 0.873. The van der Waals surface area contributed by atoms with Gasteiger partial charge in [-0.3, -0.25) is 14.9 Å². The van der Waals surface area contributed by atoms with Gasteiger partial charge in [-0.2, -0.15) is 0 Å². The van der Waals surface area contributed by atoms with E-state index in [4.69, 9.17) is 0 Å². The Bertz CT molecular complexity index is 725. The highest BCUT2D eigenvalue weighted by molar-refractivity contribution is 7.11. The average Bonchev–Trinajstić information content (AvgIpc) is 3.00. The Kier molecular flexibility index (Phi) is 5.07. The lowest BCUT2D eigenvalue weighted by Gasteiger charge is -2.07. The first-order valence-electron chi connectivity index (χ1n) is 6.81. The third kappa shape index (κ3) is 4.02. The molecule has 1 aromatic carbocycles. The standard InChI is InChI=1S/C18H17NO2S/c1-12(2)17(20)19-18(21)15(16-5-4-10-22-16)11-14-8-6-13(3)7-9-14/h4-11H,1H2,2-3H3,(H,19,20,21)/b15-11-. The van der Waals surface area contributed by atoms with Crippen LogP contribution in [0.3, 0.4) is 0 Å². The number of aryl methyl sites for hydroxylation is 1. The number of hydrogen-bond donors (Lipinski definition) is 1. The number of rotatable bonds is 4. The van der Waals surface area contributed by atoms with Crippen molar-refractivity contribution in [2.75, 3.05) is 0 Å². The SMILES string of the molecule is C=C(C)C(=O)NC(=O)/C(=C\c1ccc(C)cc1)c1cccs1. The van der Waals surface area contributed by atoms with Crippen LogP contribution in [0.4, 0.5) is 0 Å². The normalized spacial score (nSPS) is 11.1. The summed E-state index contributed by atoms with van der Waals surface area (Å²) in [4.78, 5) is 24.9. The summed E-state index contributed by atoms with van der Waals surface area (Å²) in [6, 6.07) is 11.6. The maximum atomic E-state index is 12.4. The zero-order valence-electron chi connectivity index (χ0n) is 12.6. The van der Waals surface area contributed by atoms with E-state index in [1.165, 1.54) is 11.3 Å². The summed E-state index contributed by atoms with van der Waals surface area (Å²) in [5, 5.41) is 4.26. The first kappa shape index (κ1) is 15.9. The van der Waals surface area contributed by atoms with Crippen LogP contribution < -0.4 is 5.32 Å². The van der Waals surface area contributed by atoms with Crippen LogP contribution in [0.15, 0.2) is 53.9 Å². The molecule has 3 nitrogen and oxygen atoms in total. The van der Waals surface area contributed by atoms with E-state index in [2.05, 4.69) is 11.9 Å². The predicted octanol–water partition coefficient (Wildman–Crippen LogP) is 3.82. The zero-order valence-corrected chi connectivity index (χ0v) is 13.4. The average molecular weight is 311 g/mol. The van der Waals surface area contributed by atoms with E-state index in [1.54, 1.807) is 13.0 Å². The number of thiophene rings is 1. The van der Waals surface area contributed by atoms with E-state index in [-0.39, 0.29) is 0 Å². The zero-order chi connectivity index (χ0) is 16.1. The van der Waals surface area contributed by atoms with Crippen LogP contribution in [0, 0.1) is 6.92 Å². The molecule has 0 saturated heterocycles. The number of carbonyl (C=O) groups excluding carboxylic acids is 2. The minimum atomic E-state index is -0.462. The first-order chi connectivity index (χ1) is 10.5. The number of nitrogens with one attached hydrogen (secondary N) is 1. The van der Waals surface area contributed by atoms with Crippen molar-refractivity contribution in [3.8, 4) is 0 Å². The van der Waals surface area contributed by atoms with Crippen molar-refractivity contribution in [2.45, 2.75) is 13.8 Å². The van der Waals surface area contributed by atoms with Gasteiger partial charge in [0.2, 0.25) is 0 Å². The highest BCUT2D eigenvalue weighted by atomic mass is 32.1. The van der Waals surface area contributed by atoms with E-state index in [0.717, 1.165) is 16.0 Å². The van der Waals surface area contributed by atoms with E-state index in [1.807, 2.05) is 48.7 Å². The molecule has 0 atom stereocenters. The Morgan fingerprint density at radius 3 is 2.36 bits per heavy atom. The smallest absolute Gasteiger partial charge is 0.259 e. The molecule has 0 unspecified atom stereocenters. The molecule has 0 fully saturated rings. The lowest BCUT2D eigenvalue weighted by Crippen LogP contribution is -2.31. The van der Waals surface area contributed by atoms with E-state index in [0.29, 0.717) is 11.1 Å². The summed E-state index contributed by atoms with van der Waals surface area (Å²) < 4.78 is 0. The van der Waals surface area contributed by atoms with Gasteiger partial charge < -0.3 is 0 Å². The van der Waals surface area contributed by atoms with Crippen molar-refractivity contribution < 1.29 is 9.59 Å². The summed E-state index contributed by atoms with van der Waals surface area (Å²) >= 11 is 1.45. The summed E-state index contributed by atoms with van der Waals surface area (Å²) in [6.45, 7) is 7.12. The van der Waals surface area contributed by atoms with Gasteiger partial charge in [0.25, 0.3) is 11.8 Å². The summed E-state index contributed by atoms with van der Waals surface area (Å²) in [6.07, 6.45) is 1.78. The molecule has 1 heterocycles. The Morgan fingerprint density at radius 2 is 1.82 bits per heavy atom. The molecule has 1 aromatic heterocycles. The van der Waals surface area contributed by atoms with Gasteiger partial charge in [-0.25, -0.2) is 0 Å². The number of hydrogen-bond acceptors (Lipinski definition) is 3. The fourth-order valence-electron chi connectivity index (χ4n) is 1.79. The van der Waals surface area contributed by atoms with Crippen LogP contribution in [-0.2, 0) is 9.59 Å². The van der Waals surface area contributed by atoms with Gasteiger partial charge in [-0.05, 0) is 36.9 Å². The Labute approximate surface area is 134 Å². The first-order valence-corrected chi connectivity index (χ1v) is 7.69. The highest BCUT2D eigenvalue weighted by Gasteiger charge is 2.16. The Morgan fingerprint density at radius 1 is 1.14 bits per heavy atom. The lowest BCUT2D eigenvalue weighted by atomic mass is 10.1. The van der Waals surface area contributed by atoms with Gasteiger partial charge in [-0.15, -0.1) is 11.3 Å². The van der Waals surface area contributed by atoms with Crippen molar-refractivity contribution in [2.24, 2.45) is 0 Å². The van der Waals surface area contributed by atoms with Gasteiger partial charge in [-0.1, -0.05) is 42.5 Å².